The highest BCUT2D eigenvalue weighted by Crippen LogP contribution is 2.34. The molecular formula is C12H12N2O2S. The van der Waals surface area contributed by atoms with Crippen LogP contribution in [0, 0.1) is 0 Å². The smallest absolute Gasteiger partial charge is 0.319 e. The molecule has 0 spiro atoms. The summed E-state index contributed by atoms with van der Waals surface area (Å²) in [6, 6.07) is 7.29. The van der Waals surface area contributed by atoms with Crippen molar-refractivity contribution in [2.24, 2.45) is 0 Å². The molecule has 1 aromatic heterocycles. The van der Waals surface area contributed by atoms with Crippen molar-refractivity contribution in [1.29, 1.82) is 0 Å². The Kier molecular flexibility index (Phi) is 3.39. The van der Waals surface area contributed by atoms with Gasteiger partial charge in [-0.15, -0.1) is 11.3 Å². The van der Waals surface area contributed by atoms with Gasteiger partial charge in [-0.05, 0) is 13.0 Å². The zero-order valence-electron chi connectivity index (χ0n) is 9.32. The molecule has 0 fully saturated rings. The summed E-state index contributed by atoms with van der Waals surface area (Å²) in [5.74, 6) is 0. The molecule has 0 radical (unpaired) electrons. The van der Waals surface area contributed by atoms with E-state index in [9.17, 15) is 9.59 Å². The van der Waals surface area contributed by atoms with Gasteiger partial charge in [0.05, 0.1) is 5.56 Å². The van der Waals surface area contributed by atoms with Gasteiger partial charge in [0.2, 0.25) is 0 Å². The Hall–Kier alpha value is -1.88. The third-order valence-electron chi connectivity index (χ3n) is 2.32. The number of amides is 2. The van der Waals surface area contributed by atoms with Crippen molar-refractivity contribution < 1.29 is 9.59 Å². The highest BCUT2D eigenvalue weighted by molar-refractivity contribution is 7.23. The van der Waals surface area contributed by atoms with E-state index >= 15 is 0 Å². The minimum atomic E-state index is -0.290. The van der Waals surface area contributed by atoms with E-state index in [1.54, 1.807) is 0 Å². The van der Waals surface area contributed by atoms with Gasteiger partial charge in [-0.3, -0.25) is 10.1 Å². The third-order valence-corrected chi connectivity index (χ3v) is 3.42. The number of fused-ring (bicyclic) bond motifs is 1. The first-order valence-electron chi connectivity index (χ1n) is 5.27. The van der Waals surface area contributed by atoms with Gasteiger partial charge < -0.3 is 5.32 Å². The van der Waals surface area contributed by atoms with Crippen LogP contribution in [0.2, 0.25) is 0 Å². The fourth-order valence-corrected chi connectivity index (χ4v) is 2.65. The van der Waals surface area contributed by atoms with Gasteiger partial charge in [-0.25, -0.2) is 4.79 Å². The minimum Gasteiger partial charge on any atom is -0.338 e. The number of hydrogen-bond acceptors (Lipinski definition) is 3. The second-order valence-electron chi connectivity index (χ2n) is 3.44. The Bertz CT molecular complexity index is 563. The maximum absolute atomic E-state index is 11.4. The van der Waals surface area contributed by atoms with E-state index < -0.39 is 0 Å². The summed E-state index contributed by atoms with van der Waals surface area (Å²) in [4.78, 5) is 22.5. The molecule has 88 valence electrons. The van der Waals surface area contributed by atoms with Crippen molar-refractivity contribution >= 4 is 38.7 Å². The lowest BCUT2D eigenvalue weighted by atomic mass is 10.2. The Labute approximate surface area is 103 Å². The average molecular weight is 248 g/mol. The van der Waals surface area contributed by atoms with Gasteiger partial charge in [-0.1, -0.05) is 18.2 Å². The van der Waals surface area contributed by atoms with Crippen molar-refractivity contribution in [3.8, 4) is 0 Å². The lowest BCUT2D eigenvalue weighted by Gasteiger charge is -2.03. The number of rotatable bonds is 3. The van der Waals surface area contributed by atoms with Gasteiger partial charge in [0.15, 0.2) is 6.29 Å². The first kappa shape index (κ1) is 11.6. The van der Waals surface area contributed by atoms with Crippen LogP contribution in [-0.4, -0.2) is 18.9 Å². The van der Waals surface area contributed by atoms with Gasteiger partial charge in [0, 0.05) is 16.6 Å². The SMILES string of the molecule is CCNC(=O)Nc1sc2ccccc2c1C=O. The fraction of sp³-hybridized carbons (Fsp3) is 0.167. The van der Waals surface area contributed by atoms with Crippen LogP contribution in [0.5, 0.6) is 0 Å². The third kappa shape index (κ3) is 2.29. The monoisotopic (exact) mass is 248 g/mol. The molecule has 2 amide bonds. The largest absolute Gasteiger partial charge is 0.338 e. The molecule has 0 unspecified atom stereocenters. The summed E-state index contributed by atoms with van der Waals surface area (Å²) in [6.45, 7) is 2.39. The predicted molar refractivity (Wildman–Crippen MR) is 69.9 cm³/mol. The van der Waals surface area contributed by atoms with E-state index in [-0.39, 0.29) is 6.03 Å². The zero-order valence-corrected chi connectivity index (χ0v) is 10.1. The molecule has 0 bridgehead atoms. The van der Waals surface area contributed by atoms with Crippen molar-refractivity contribution in [2.75, 3.05) is 11.9 Å². The normalized spacial score (nSPS) is 10.2. The van der Waals surface area contributed by atoms with Gasteiger partial charge in [0.25, 0.3) is 0 Å². The van der Waals surface area contributed by atoms with E-state index in [0.717, 1.165) is 16.4 Å². The van der Waals surface area contributed by atoms with Gasteiger partial charge in [0.1, 0.15) is 5.00 Å². The van der Waals surface area contributed by atoms with Gasteiger partial charge >= 0.3 is 6.03 Å². The number of aldehydes is 1. The average Bonchev–Trinajstić information content (AvgIpc) is 2.66. The molecule has 0 saturated heterocycles. The second kappa shape index (κ2) is 4.97. The van der Waals surface area contributed by atoms with Crippen LogP contribution in [0.4, 0.5) is 9.80 Å². The predicted octanol–water partition coefficient (Wildman–Crippen LogP) is 2.86. The van der Waals surface area contributed by atoms with Crippen LogP contribution in [0.15, 0.2) is 24.3 Å². The molecule has 0 atom stereocenters. The van der Waals surface area contributed by atoms with E-state index in [2.05, 4.69) is 10.6 Å². The first-order valence-corrected chi connectivity index (χ1v) is 6.09. The maximum Gasteiger partial charge on any atom is 0.319 e. The molecule has 5 heteroatoms. The molecule has 2 aromatic rings. The maximum atomic E-state index is 11.4. The van der Waals surface area contributed by atoms with Crippen LogP contribution in [0.1, 0.15) is 17.3 Å². The number of benzene rings is 1. The molecule has 2 N–H and O–H groups in total. The van der Waals surface area contributed by atoms with Crippen LogP contribution in [0.3, 0.4) is 0 Å². The van der Waals surface area contributed by atoms with E-state index in [4.69, 9.17) is 0 Å². The molecule has 0 aliphatic carbocycles. The number of anilines is 1. The summed E-state index contributed by atoms with van der Waals surface area (Å²) >= 11 is 1.40. The molecule has 2 rings (SSSR count). The molecular weight excluding hydrogens is 236 g/mol. The zero-order chi connectivity index (χ0) is 12.3. The lowest BCUT2D eigenvalue weighted by molar-refractivity contribution is 0.112. The van der Waals surface area contributed by atoms with E-state index in [0.29, 0.717) is 17.1 Å². The number of hydrogen-bond donors (Lipinski definition) is 2. The van der Waals surface area contributed by atoms with E-state index in [1.807, 2.05) is 31.2 Å². The Balaban J connectivity index is 2.39. The van der Waals surface area contributed by atoms with E-state index in [1.165, 1.54) is 11.3 Å². The number of thiophene rings is 1. The molecule has 0 saturated carbocycles. The quantitative estimate of drug-likeness (QED) is 0.820. The first-order chi connectivity index (χ1) is 8.26. The fourth-order valence-electron chi connectivity index (χ4n) is 1.58. The van der Waals surface area contributed by atoms with Crippen molar-refractivity contribution in [2.45, 2.75) is 6.92 Å². The molecule has 17 heavy (non-hydrogen) atoms. The molecule has 1 heterocycles. The van der Waals surface area contributed by atoms with Crippen LogP contribution in [-0.2, 0) is 0 Å². The van der Waals surface area contributed by atoms with Crippen molar-refractivity contribution in [3.05, 3.63) is 29.8 Å². The summed E-state index contributed by atoms with van der Waals surface area (Å²) < 4.78 is 0.987. The van der Waals surface area contributed by atoms with Crippen molar-refractivity contribution in [3.63, 3.8) is 0 Å². The molecule has 0 aliphatic rings. The van der Waals surface area contributed by atoms with Crippen LogP contribution >= 0.6 is 11.3 Å². The number of nitrogens with one attached hydrogen (secondary N) is 2. The van der Waals surface area contributed by atoms with Crippen molar-refractivity contribution in [1.82, 2.24) is 5.32 Å². The summed E-state index contributed by atoms with van der Waals surface area (Å²) in [5, 5.41) is 6.78. The Morgan fingerprint density at radius 3 is 2.88 bits per heavy atom. The van der Waals surface area contributed by atoms with Crippen LogP contribution < -0.4 is 10.6 Å². The highest BCUT2D eigenvalue weighted by Gasteiger charge is 2.12. The Morgan fingerprint density at radius 2 is 2.18 bits per heavy atom. The molecule has 0 aliphatic heterocycles. The number of carbonyl (C=O) groups excluding carboxylic acids is 2. The van der Waals surface area contributed by atoms with Gasteiger partial charge in [-0.2, -0.15) is 0 Å². The summed E-state index contributed by atoms with van der Waals surface area (Å²) in [7, 11) is 0. The van der Waals surface area contributed by atoms with Crippen LogP contribution in [0.25, 0.3) is 10.1 Å². The second-order valence-corrected chi connectivity index (χ2v) is 4.50. The number of carbonyl (C=O) groups is 2. The molecule has 4 nitrogen and oxygen atoms in total. The highest BCUT2D eigenvalue weighted by atomic mass is 32.1. The minimum absolute atomic E-state index is 0.290. The standard InChI is InChI=1S/C12H12N2O2S/c1-2-13-12(16)14-11-9(7-15)8-5-3-4-6-10(8)17-11/h3-7H,2H2,1H3,(H2,13,14,16). The lowest BCUT2D eigenvalue weighted by Crippen LogP contribution is -2.28. The topological polar surface area (TPSA) is 58.2 Å². The number of urea groups is 1. The molecule has 1 aromatic carbocycles. The summed E-state index contributed by atoms with van der Waals surface area (Å²) in [5.41, 5.74) is 0.539. The Morgan fingerprint density at radius 1 is 1.41 bits per heavy atom. The summed E-state index contributed by atoms with van der Waals surface area (Å²) in [6.07, 6.45) is 0.778.